The van der Waals surface area contributed by atoms with Crippen molar-refractivity contribution in [3.05, 3.63) is 54.1 Å². The van der Waals surface area contributed by atoms with Gasteiger partial charge in [0, 0.05) is 31.4 Å². The fourth-order valence-electron chi connectivity index (χ4n) is 3.18. The van der Waals surface area contributed by atoms with Crippen molar-refractivity contribution in [1.29, 1.82) is 0 Å². The molecule has 26 heavy (non-hydrogen) atoms. The lowest BCUT2D eigenvalue weighted by Gasteiger charge is -2.33. The molecule has 3 rings (SSSR count). The van der Waals surface area contributed by atoms with Gasteiger partial charge in [0.1, 0.15) is 17.3 Å². The lowest BCUT2D eigenvalue weighted by atomic mass is 10.0. The van der Waals surface area contributed by atoms with E-state index in [4.69, 9.17) is 9.47 Å². The highest BCUT2D eigenvalue weighted by Gasteiger charge is 2.26. The summed E-state index contributed by atoms with van der Waals surface area (Å²) >= 11 is 0. The number of nitrogens with zero attached hydrogens (tertiary/aromatic N) is 2. The largest absolute Gasteiger partial charge is 0.484 e. The molecule has 6 nitrogen and oxygen atoms in total. The van der Waals surface area contributed by atoms with Crippen molar-refractivity contribution in [2.75, 3.05) is 26.8 Å². The normalized spacial score (nSPS) is 14.9. The van der Waals surface area contributed by atoms with Crippen molar-refractivity contribution in [1.82, 2.24) is 9.47 Å². The maximum Gasteiger partial charge on any atom is 0.354 e. The standard InChI is InChI=1S/C19H21FN2O4/c1-25-19(24)17-6-3-9-22(17)15-7-10-21(11-8-15)18(23)13-26-16-5-2-4-14(20)12-16/h2-6,9,12,15H,7-8,10-11,13H2,1H3. The van der Waals surface area contributed by atoms with Crippen LogP contribution < -0.4 is 4.74 Å². The molecule has 0 radical (unpaired) electrons. The Hall–Kier alpha value is -2.83. The Morgan fingerprint density at radius 2 is 1.96 bits per heavy atom. The number of esters is 1. The van der Waals surface area contributed by atoms with Crippen LogP contribution >= 0.6 is 0 Å². The predicted octanol–water partition coefficient (Wildman–Crippen LogP) is 2.66. The zero-order valence-corrected chi connectivity index (χ0v) is 14.6. The van der Waals surface area contributed by atoms with Gasteiger partial charge in [0.15, 0.2) is 6.61 Å². The molecule has 0 bridgehead atoms. The molecular weight excluding hydrogens is 339 g/mol. The van der Waals surface area contributed by atoms with Gasteiger partial charge < -0.3 is 18.9 Å². The number of carbonyl (C=O) groups is 2. The topological polar surface area (TPSA) is 60.8 Å². The van der Waals surface area contributed by atoms with Crippen molar-refractivity contribution in [2.24, 2.45) is 0 Å². The van der Waals surface area contributed by atoms with Crippen LogP contribution in [0.3, 0.4) is 0 Å². The molecule has 1 aromatic heterocycles. The Kier molecular flexibility index (Phi) is 5.55. The number of rotatable bonds is 5. The fraction of sp³-hybridized carbons (Fsp3) is 0.368. The lowest BCUT2D eigenvalue weighted by molar-refractivity contribution is -0.134. The molecular formula is C19H21FN2O4. The van der Waals surface area contributed by atoms with Gasteiger partial charge in [-0.15, -0.1) is 0 Å². The second kappa shape index (κ2) is 8.03. The number of piperidine rings is 1. The van der Waals surface area contributed by atoms with Crippen LogP contribution in [-0.2, 0) is 9.53 Å². The Morgan fingerprint density at radius 3 is 2.65 bits per heavy atom. The van der Waals surface area contributed by atoms with E-state index < -0.39 is 5.82 Å². The third kappa shape index (κ3) is 4.04. The number of ether oxygens (including phenoxy) is 2. The van der Waals surface area contributed by atoms with Gasteiger partial charge in [-0.2, -0.15) is 0 Å². The highest BCUT2D eigenvalue weighted by Crippen LogP contribution is 2.25. The van der Waals surface area contributed by atoms with Crippen LogP contribution in [0.5, 0.6) is 5.75 Å². The zero-order valence-electron chi connectivity index (χ0n) is 14.6. The van der Waals surface area contributed by atoms with Crippen molar-refractivity contribution in [2.45, 2.75) is 18.9 Å². The number of halogens is 1. The van der Waals surface area contributed by atoms with Crippen LogP contribution in [0.15, 0.2) is 42.6 Å². The van der Waals surface area contributed by atoms with E-state index >= 15 is 0 Å². The molecule has 1 fully saturated rings. The Morgan fingerprint density at radius 1 is 1.19 bits per heavy atom. The highest BCUT2D eigenvalue weighted by atomic mass is 19.1. The summed E-state index contributed by atoms with van der Waals surface area (Å²) in [5.41, 5.74) is 0.520. The summed E-state index contributed by atoms with van der Waals surface area (Å²) in [6, 6.07) is 9.42. The third-order valence-electron chi connectivity index (χ3n) is 4.54. The highest BCUT2D eigenvalue weighted by molar-refractivity contribution is 5.87. The number of amides is 1. The number of methoxy groups -OCH3 is 1. The summed E-state index contributed by atoms with van der Waals surface area (Å²) in [4.78, 5) is 25.8. The van der Waals surface area contributed by atoms with Crippen LogP contribution in [0.25, 0.3) is 0 Å². The van der Waals surface area contributed by atoms with Gasteiger partial charge >= 0.3 is 5.97 Å². The first kappa shape index (κ1) is 18.0. The summed E-state index contributed by atoms with van der Waals surface area (Å²) in [5, 5.41) is 0. The first-order chi connectivity index (χ1) is 12.6. The fourth-order valence-corrected chi connectivity index (χ4v) is 3.18. The van der Waals surface area contributed by atoms with E-state index in [-0.39, 0.29) is 24.5 Å². The average Bonchev–Trinajstić information content (AvgIpc) is 3.15. The number of aromatic nitrogens is 1. The molecule has 0 atom stereocenters. The number of benzene rings is 1. The van der Waals surface area contributed by atoms with Crippen LogP contribution in [-0.4, -0.2) is 48.1 Å². The van der Waals surface area contributed by atoms with E-state index in [1.165, 1.54) is 25.3 Å². The summed E-state index contributed by atoms with van der Waals surface area (Å²) in [5.74, 6) is -0.558. The van der Waals surface area contributed by atoms with E-state index in [2.05, 4.69) is 0 Å². The molecule has 0 unspecified atom stereocenters. The number of hydrogen-bond acceptors (Lipinski definition) is 4. The maximum atomic E-state index is 13.1. The lowest BCUT2D eigenvalue weighted by Crippen LogP contribution is -2.41. The molecule has 1 saturated heterocycles. The molecule has 0 saturated carbocycles. The summed E-state index contributed by atoms with van der Waals surface area (Å²) in [6.45, 7) is 1.04. The zero-order chi connectivity index (χ0) is 18.5. The minimum Gasteiger partial charge on any atom is -0.484 e. The SMILES string of the molecule is COC(=O)c1cccn1C1CCN(C(=O)COc2cccc(F)c2)CC1. The van der Waals surface area contributed by atoms with Gasteiger partial charge in [-0.25, -0.2) is 9.18 Å². The predicted molar refractivity (Wildman–Crippen MR) is 92.5 cm³/mol. The first-order valence-electron chi connectivity index (χ1n) is 8.50. The number of likely N-dealkylation sites (tertiary alicyclic amines) is 1. The first-order valence-corrected chi connectivity index (χ1v) is 8.50. The minimum atomic E-state index is -0.399. The molecule has 2 aromatic rings. The second-order valence-corrected chi connectivity index (χ2v) is 6.15. The van der Waals surface area contributed by atoms with Gasteiger partial charge in [-0.3, -0.25) is 4.79 Å². The molecule has 1 aliphatic rings. The molecule has 1 amide bonds. The van der Waals surface area contributed by atoms with Gasteiger partial charge in [0.2, 0.25) is 0 Å². The maximum absolute atomic E-state index is 13.1. The second-order valence-electron chi connectivity index (χ2n) is 6.15. The van der Waals surface area contributed by atoms with Crippen LogP contribution in [0.4, 0.5) is 4.39 Å². The Balaban J connectivity index is 1.53. The quantitative estimate of drug-likeness (QED) is 0.769. The molecule has 2 heterocycles. The molecule has 1 aliphatic heterocycles. The van der Waals surface area contributed by atoms with Crippen molar-refractivity contribution < 1.29 is 23.5 Å². The van der Waals surface area contributed by atoms with E-state index in [0.29, 0.717) is 24.5 Å². The third-order valence-corrected chi connectivity index (χ3v) is 4.54. The van der Waals surface area contributed by atoms with Crippen molar-refractivity contribution in [3.8, 4) is 5.75 Å². The Labute approximate surface area is 151 Å². The van der Waals surface area contributed by atoms with Crippen molar-refractivity contribution >= 4 is 11.9 Å². The molecule has 138 valence electrons. The van der Waals surface area contributed by atoms with Crippen LogP contribution in [0, 0.1) is 5.82 Å². The van der Waals surface area contributed by atoms with E-state index in [0.717, 1.165) is 12.8 Å². The summed E-state index contributed by atoms with van der Waals surface area (Å²) in [7, 11) is 1.36. The minimum absolute atomic E-state index is 0.120. The van der Waals surface area contributed by atoms with E-state index in [1.807, 2.05) is 16.8 Å². The van der Waals surface area contributed by atoms with E-state index in [9.17, 15) is 14.0 Å². The smallest absolute Gasteiger partial charge is 0.354 e. The monoisotopic (exact) mass is 360 g/mol. The average molecular weight is 360 g/mol. The molecule has 0 spiro atoms. The van der Waals surface area contributed by atoms with Gasteiger partial charge in [-0.05, 0) is 37.1 Å². The van der Waals surface area contributed by atoms with Crippen LogP contribution in [0.2, 0.25) is 0 Å². The molecule has 0 aliphatic carbocycles. The summed E-state index contributed by atoms with van der Waals surface area (Å²) < 4.78 is 25.2. The molecule has 0 N–H and O–H groups in total. The Bertz CT molecular complexity index is 781. The van der Waals surface area contributed by atoms with E-state index in [1.54, 1.807) is 17.0 Å². The summed E-state index contributed by atoms with van der Waals surface area (Å²) in [6.07, 6.45) is 3.34. The van der Waals surface area contributed by atoms with Crippen molar-refractivity contribution in [3.63, 3.8) is 0 Å². The van der Waals surface area contributed by atoms with Gasteiger partial charge in [0.05, 0.1) is 7.11 Å². The number of hydrogen-bond donors (Lipinski definition) is 0. The number of carbonyl (C=O) groups excluding carboxylic acids is 2. The van der Waals surface area contributed by atoms with Gasteiger partial charge in [-0.1, -0.05) is 6.07 Å². The molecule has 7 heteroatoms. The van der Waals surface area contributed by atoms with Gasteiger partial charge in [0.25, 0.3) is 5.91 Å². The van der Waals surface area contributed by atoms with Crippen LogP contribution in [0.1, 0.15) is 29.4 Å². The molecule has 1 aromatic carbocycles.